The van der Waals surface area contributed by atoms with Crippen LogP contribution in [0.1, 0.15) is 56.1 Å². The highest BCUT2D eigenvalue weighted by atomic mass is 14.6. The Morgan fingerprint density at radius 3 is 2.94 bits per heavy atom. The van der Waals surface area contributed by atoms with Crippen LogP contribution in [0.25, 0.3) is 0 Å². The van der Waals surface area contributed by atoms with Gasteiger partial charge in [0.2, 0.25) is 0 Å². The molecule has 2 aliphatic carbocycles. The van der Waals surface area contributed by atoms with Crippen molar-refractivity contribution in [3.8, 4) is 0 Å². The second-order valence-corrected chi connectivity index (χ2v) is 6.21. The second kappa shape index (κ2) is 5.05. The predicted octanol–water partition coefficient (Wildman–Crippen LogP) is 3.80. The fourth-order valence-corrected chi connectivity index (χ4v) is 4.06. The Hall–Kier alpha value is -0.820. The Morgan fingerprint density at radius 2 is 2.06 bits per heavy atom. The highest BCUT2D eigenvalue weighted by Crippen LogP contribution is 2.62. The third-order valence-corrected chi connectivity index (χ3v) is 5.11. The first-order valence-corrected chi connectivity index (χ1v) is 7.65. The lowest BCUT2D eigenvalue weighted by atomic mass is 9.78. The van der Waals surface area contributed by atoms with Crippen LogP contribution in [-0.2, 0) is 11.8 Å². The van der Waals surface area contributed by atoms with Crippen LogP contribution in [0.5, 0.6) is 0 Å². The van der Waals surface area contributed by atoms with E-state index >= 15 is 0 Å². The number of nitrogens with two attached hydrogens (primary N) is 1. The SMILES string of the molecule is NCCCCCC1CC12CCCc1ccccc12. The standard InChI is InChI=1S/C17H25N/c18-12-5-1-2-9-15-13-17(15)11-6-8-14-7-3-4-10-16(14)17/h3-4,7,10,15H,1-2,5-6,8-9,11-13,18H2. The van der Waals surface area contributed by atoms with Gasteiger partial charge in [-0.3, -0.25) is 0 Å². The Kier molecular flexibility index (Phi) is 3.43. The monoisotopic (exact) mass is 243 g/mol. The maximum Gasteiger partial charge on any atom is -0.00126 e. The summed E-state index contributed by atoms with van der Waals surface area (Å²) in [4.78, 5) is 0. The van der Waals surface area contributed by atoms with Crippen LogP contribution in [0.2, 0.25) is 0 Å². The summed E-state index contributed by atoms with van der Waals surface area (Å²) in [6.07, 6.45) is 10.9. The van der Waals surface area contributed by atoms with Crippen molar-refractivity contribution in [1.29, 1.82) is 0 Å². The molecule has 0 aromatic heterocycles. The maximum atomic E-state index is 5.56. The number of unbranched alkanes of at least 4 members (excludes halogenated alkanes) is 2. The van der Waals surface area contributed by atoms with Gasteiger partial charge in [0.05, 0.1) is 0 Å². The Morgan fingerprint density at radius 1 is 1.17 bits per heavy atom. The summed E-state index contributed by atoms with van der Waals surface area (Å²) in [5, 5.41) is 0. The first-order chi connectivity index (χ1) is 8.87. The van der Waals surface area contributed by atoms with E-state index in [0.29, 0.717) is 5.41 Å². The summed E-state index contributed by atoms with van der Waals surface area (Å²) in [5.41, 5.74) is 9.48. The van der Waals surface area contributed by atoms with E-state index in [2.05, 4.69) is 24.3 Å². The van der Waals surface area contributed by atoms with Crippen molar-refractivity contribution >= 4 is 0 Å². The molecule has 1 heteroatoms. The van der Waals surface area contributed by atoms with E-state index in [9.17, 15) is 0 Å². The molecule has 1 fully saturated rings. The molecule has 1 saturated carbocycles. The molecule has 0 saturated heterocycles. The van der Waals surface area contributed by atoms with Crippen molar-refractivity contribution < 1.29 is 0 Å². The van der Waals surface area contributed by atoms with E-state index in [0.717, 1.165) is 12.5 Å². The van der Waals surface area contributed by atoms with Crippen LogP contribution in [0, 0.1) is 5.92 Å². The molecule has 0 bridgehead atoms. The molecule has 1 spiro atoms. The van der Waals surface area contributed by atoms with E-state index in [-0.39, 0.29) is 0 Å². The van der Waals surface area contributed by atoms with Gasteiger partial charge in [-0.1, -0.05) is 37.1 Å². The van der Waals surface area contributed by atoms with Crippen molar-refractivity contribution in [2.24, 2.45) is 11.7 Å². The van der Waals surface area contributed by atoms with Gasteiger partial charge in [-0.25, -0.2) is 0 Å². The minimum Gasteiger partial charge on any atom is -0.330 e. The van der Waals surface area contributed by atoms with Gasteiger partial charge < -0.3 is 5.73 Å². The lowest BCUT2D eigenvalue weighted by Crippen LogP contribution is -2.18. The highest BCUT2D eigenvalue weighted by Gasteiger charge is 2.55. The van der Waals surface area contributed by atoms with Gasteiger partial charge in [-0.15, -0.1) is 0 Å². The summed E-state index contributed by atoms with van der Waals surface area (Å²) < 4.78 is 0. The predicted molar refractivity (Wildman–Crippen MR) is 76.7 cm³/mol. The molecule has 0 aliphatic heterocycles. The molecule has 2 N–H and O–H groups in total. The lowest BCUT2D eigenvalue weighted by molar-refractivity contribution is 0.470. The van der Waals surface area contributed by atoms with Crippen LogP contribution in [0.15, 0.2) is 24.3 Å². The first-order valence-electron chi connectivity index (χ1n) is 7.65. The van der Waals surface area contributed by atoms with Crippen molar-refractivity contribution in [3.05, 3.63) is 35.4 Å². The van der Waals surface area contributed by atoms with E-state index < -0.39 is 0 Å². The van der Waals surface area contributed by atoms with Crippen LogP contribution in [0.4, 0.5) is 0 Å². The summed E-state index contributed by atoms with van der Waals surface area (Å²) in [6.45, 7) is 0.860. The number of aryl methyl sites for hydroxylation is 1. The first kappa shape index (κ1) is 12.2. The van der Waals surface area contributed by atoms with Crippen LogP contribution >= 0.6 is 0 Å². The Balaban J connectivity index is 1.64. The normalized spacial score (nSPS) is 29.3. The zero-order chi connectivity index (χ0) is 12.4. The number of rotatable bonds is 5. The molecule has 1 nitrogen and oxygen atoms in total. The summed E-state index contributed by atoms with van der Waals surface area (Å²) >= 11 is 0. The third kappa shape index (κ3) is 2.09. The minimum absolute atomic E-state index is 0.595. The average molecular weight is 243 g/mol. The topological polar surface area (TPSA) is 26.0 Å². The molecule has 0 radical (unpaired) electrons. The second-order valence-electron chi connectivity index (χ2n) is 6.21. The number of benzene rings is 1. The summed E-state index contributed by atoms with van der Waals surface area (Å²) in [6, 6.07) is 9.18. The number of fused-ring (bicyclic) bond motifs is 2. The Labute approximate surface area is 111 Å². The fraction of sp³-hybridized carbons (Fsp3) is 0.647. The molecule has 0 amide bonds. The highest BCUT2D eigenvalue weighted by molar-refractivity contribution is 5.42. The summed E-state index contributed by atoms with van der Waals surface area (Å²) in [5.74, 6) is 0.969. The van der Waals surface area contributed by atoms with Gasteiger partial charge >= 0.3 is 0 Å². The third-order valence-electron chi connectivity index (χ3n) is 5.11. The van der Waals surface area contributed by atoms with Crippen LogP contribution < -0.4 is 5.73 Å². The van der Waals surface area contributed by atoms with E-state index in [4.69, 9.17) is 5.73 Å². The molecular weight excluding hydrogens is 218 g/mol. The van der Waals surface area contributed by atoms with E-state index in [1.807, 2.05) is 0 Å². The van der Waals surface area contributed by atoms with Gasteiger partial charge in [0, 0.05) is 0 Å². The molecule has 18 heavy (non-hydrogen) atoms. The number of hydrogen-bond donors (Lipinski definition) is 1. The molecule has 1 aromatic carbocycles. The van der Waals surface area contributed by atoms with Gasteiger partial charge in [-0.05, 0) is 67.5 Å². The lowest BCUT2D eigenvalue weighted by Gasteiger charge is -2.26. The maximum absolute atomic E-state index is 5.56. The van der Waals surface area contributed by atoms with Crippen molar-refractivity contribution in [2.75, 3.05) is 6.54 Å². The molecule has 0 heterocycles. The zero-order valence-electron chi connectivity index (χ0n) is 11.3. The largest absolute Gasteiger partial charge is 0.330 e. The summed E-state index contributed by atoms with van der Waals surface area (Å²) in [7, 11) is 0. The quantitative estimate of drug-likeness (QED) is 0.782. The zero-order valence-corrected chi connectivity index (χ0v) is 11.3. The van der Waals surface area contributed by atoms with Gasteiger partial charge in [-0.2, -0.15) is 0 Å². The van der Waals surface area contributed by atoms with Gasteiger partial charge in [0.1, 0.15) is 0 Å². The van der Waals surface area contributed by atoms with Crippen LogP contribution in [0.3, 0.4) is 0 Å². The smallest absolute Gasteiger partial charge is 0.00126 e. The van der Waals surface area contributed by atoms with Crippen molar-refractivity contribution in [3.63, 3.8) is 0 Å². The Bertz CT molecular complexity index is 412. The van der Waals surface area contributed by atoms with Crippen LogP contribution in [-0.4, -0.2) is 6.54 Å². The molecule has 3 rings (SSSR count). The van der Waals surface area contributed by atoms with Crippen molar-refractivity contribution in [1.82, 2.24) is 0 Å². The molecule has 98 valence electrons. The molecule has 2 aliphatic rings. The van der Waals surface area contributed by atoms with Crippen molar-refractivity contribution in [2.45, 2.75) is 56.8 Å². The van der Waals surface area contributed by atoms with E-state index in [1.165, 1.54) is 51.4 Å². The molecule has 2 atom stereocenters. The van der Waals surface area contributed by atoms with E-state index in [1.54, 1.807) is 11.1 Å². The van der Waals surface area contributed by atoms with Gasteiger partial charge in [0.15, 0.2) is 0 Å². The molecule has 2 unspecified atom stereocenters. The number of hydrogen-bond acceptors (Lipinski definition) is 1. The molecule has 1 aromatic rings. The van der Waals surface area contributed by atoms with Gasteiger partial charge in [0.25, 0.3) is 0 Å². The minimum atomic E-state index is 0.595. The average Bonchev–Trinajstić information content (AvgIpc) is 3.09. The molecular formula is C17H25N. The fourth-order valence-electron chi connectivity index (χ4n) is 4.06.